The maximum absolute atomic E-state index is 11.8. The van der Waals surface area contributed by atoms with Gasteiger partial charge < -0.3 is 0 Å². The van der Waals surface area contributed by atoms with Crippen LogP contribution in [-0.4, -0.2) is 10.8 Å². The van der Waals surface area contributed by atoms with Gasteiger partial charge >= 0.3 is 0 Å². The van der Waals surface area contributed by atoms with Gasteiger partial charge in [0.2, 0.25) is 0 Å². The largest absolute Gasteiger partial charge is 0.292 e. The van der Waals surface area contributed by atoms with Gasteiger partial charge in [0.15, 0.2) is 5.78 Å². The SMILES string of the molecule is C=CCCCCCC(=O)c1ncccc1C. The van der Waals surface area contributed by atoms with E-state index in [1.165, 1.54) is 0 Å². The van der Waals surface area contributed by atoms with Crippen molar-refractivity contribution in [1.82, 2.24) is 4.98 Å². The third-order valence-corrected chi connectivity index (χ3v) is 2.59. The molecule has 86 valence electrons. The number of carbonyl (C=O) groups excluding carboxylic acids is 1. The first-order valence-corrected chi connectivity index (χ1v) is 5.81. The van der Waals surface area contributed by atoms with Crippen LogP contribution in [0.1, 0.15) is 48.2 Å². The van der Waals surface area contributed by atoms with Crippen molar-refractivity contribution in [3.05, 3.63) is 42.2 Å². The van der Waals surface area contributed by atoms with Crippen molar-refractivity contribution in [2.45, 2.75) is 39.0 Å². The highest BCUT2D eigenvalue weighted by Gasteiger charge is 2.08. The van der Waals surface area contributed by atoms with Crippen molar-refractivity contribution in [3.8, 4) is 0 Å². The lowest BCUT2D eigenvalue weighted by atomic mass is 10.1. The Morgan fingerprint density at radius 3 is 2.94 bits per heavy atom. The first-order chi connectivity index (χ1) is 7.75. The van der Waals surface area contributed by atoms with Crippen molar-refractivity contribution in [2.75, 3.05) is 0 Å². The van der Waals surface area contributed by atoms with E-state index in [-0.39, 0.29) is 5.78 Å². The fraction of sp³-hybridized carbons (Fsp3) is 0.429. The van der Waals surface area contributed by atoms with E-state index in [4.69, 9.17) is 0 Å². The van der Waals surface area contributed by atoms with Crippen LogP contribution in [0.2, 0.25) is 0 Å². The van der Waals surface area contributed by atoms with Crippen LogP contribution in [0.15, 0.2) is 31.0 Å². The highest BCUT2D eigenvalue weighted by Crippen LogP contribution is 2.10. The summed E-state index contributed by atoms with van der Waals surface area (Å²) in [6.07, 6.45) is 8.40. The quantitative estimate of drug-likeness (QED) is 0.396. The Labute approximate surface area is 97.4 Å². The molecule has 0 aliphatic heterocycles. The minimum absolute atomic E-state index is 0.164. The summed E-state index contributed by atoms with van der Waals surface area (Å²) in [6.45, 7) is 5.60. The predicted octanol–water partition coefficient (Wildman–Crippen LogP) is 3.71. The highest BCUT2D eigenvalue weighted by molar-refractivity contribution is 5.95. The average molecular weight is 217 g/mol. The van der Waals surface area contributed by atoms with Gasteiger partial charge in [-0.1, -0.05) is 18.6 Å². The Balaban J connectivity index is 2.36. The van der Waals surface area contributed by atoms with E-state index in [1.54, 1.807) is 6.20 Å². The van der Waals surface area contributed by atoms with E-state index in [2.05, 4.69) is 11.6 Å². The number of ketones is 1. The molecule has 1 rings (SSSR count). The van der Waals surface area contributed by atoms with Crippen molar-refractivity contribution in [1.29, 1.82) is 0 Å². The summed E-state index contributed by atoms with van der Waals surface area (Å²) in [5.41, 5.74) is 1.60. The van der Waals surface area contributed by atoms with Gasteiger partial charge in [0.05, 0.1) is 0 Å². The summed E-state index contributed by atoms with van der Waals surface area (Å²) < 4.78 is 0. The molecule has 0 aliphatic rings. The average Bonchev–Trinajstić information content (AvgIpc) is 2.29. The summed E-state index contributed by atoms with van der Waals surface area (Å²) in [5, 5.41) is 0. The number of allylic oxidation sites excluding steroid dienone is 1. The van der Waals surface area contributed by atoms with E-state index in [0.717, 1.165) is 31.2 Å². The standard InChI is InChI=1S/C14H19NO/c1-3-4-5-6-7-10-13(16)14-12(2)9-8-11-15-14/h3,8-9,11H,1,4-7,10H2,2H3. The smallest absolute Gasteiger partial charge is 0.181 e. The van der Waals surface area contributed by atoms with Gasteiger partial charge in [0.1, 0.15) is 5.69 Å². The molecule has 0 fully saturated rings. The molecule has 1 aromatic heterocycles. The molecule has 0 amide bonds. The van der Waals surface area contributed by atoms with E-state index in [0.29, 0.717) is 12.1 Å². The second-order valence-corrected chi connectivity index (χ2v) is 3.98. The number of Topliss-reactive ketones (excluding diaryl/α,β-unsaturated/α-hetero) is 1. The Morgan fingerprint density at radius 1 is 1.44 bits per heavy atom. The zero-order valence-corrected chi connectivity index (χ0v) is 9.91. The number of unbranched alkanes of at least 4 members (excludes halogenated alkanes) is 3. The van der Waals surface area contributed by atoms with E-state index >= 15 is 0 Å². The van der Waals surface area contributed by atoms with Gasteiger partial charge in [-0.05, 0) is 37.8 Å². The predicted molar refractivity (Wildman–Crippen MR) is 66.6 cm³/mol. The van der Waals surface area contributed by atoms with Crippen LogP contribution in [0.4, 0.5) is 0 Å². The molecule has 2 nitrogen and oxygen atoms in total. The van der Waals surface area contributed by atoms with Gasteiger partial charge in [-0.25, -0.2) is 0 Å². The maximum Gasteiger partial charge on any atom is 0.181 e. The first kappa shape index (κ1) is 12.6. The summed E-state index contributed by atoms with van der Waals surface area (Å²) in [5.74, 6) is 0.164. The fourth-order valence-electron chi connectivity index (χ4n) is 1.65. The summed E-state index contributed by atoms with van der Waals surface area (Å²) in [4.78, 5) is 15.9. The lowest BCUT2D eigenvalue weighted by molar-refractivity contribution is 0.0973. The fourth-order valence-corrected chi connectivity index (χ4v) is 1.65. The minimum Gasteiger partial charge on any atom is -0.292 e. The van der Waals surface area contributed by atoms with Crippen LogP contribution in [-0.2, 0) is 0 Å². The monoisotopic (exact) mass is 217 g/mol. The van der Waals surface area contributed by atoms with Crippen LogP contribution in [0.5, 0.6) is 0 Å². The summed E-state index contributed by atoms with van der Waals surface area (Å²) in [6, 6.07) is 3.79. The zero-order chi connectivity index (χ0) is 11.8. The number of hydrogen-bond acceptors (Lipinski definition) is 2. The third kappa shape index (κ3) is 3.97. The molecule has 0 radical (unpaired) electrons. The molecule has 0 N–H and O–H groups in total. The van der Waals surface area contributed by atoms with Crippen molar-refractivity contribution in [3.63, 3.8) is 0 Å². The Kier molecular flexibility index (Phi) is 5.48. The molecule has 0 atom stereocenters. The van der Waals surface area contributed by atoms with Crippen LogP contribution in [0.25, 0.3) is 0 Å². The molecular weight excluding hydrogens is 198 g/mol. The second kappa shape index (κ2) is 6.94. The molecule has 0 aliphatic carbocycles. The highest BCUT2D eigenvalue weighted by atomic mass is 16.1. The second-order valence-electron chi connectivity index (χ2n) is 3.98. The van der Waals surface area contributed by atoms with Crippen molar-refractivity contribution in [2.24, 2.45) is 0 Å². The number of aromatic nitrogens is 1. The number of carbonyl (C=O) groups is 1. The molecule has 0 bridgehead atoms. The molecule has 0 spiro atoms. The van der Waals surface area contributed by atoms with Gasteiger partial charge in [0.25, 0.3) is 0 Å². The van der Waals surface area contributed by atoms with E-state index < -0.39 is 0 Å². The Hall–Kier alpha value is -1.44. The number of nitrogens with zero attached hydrogens (tertiary/aromatic N) is 1. The molecule has 0 unspecified atom stereocenters. The van der Waals surface area contributed by atoms with Crippen LogP contribution < -0.4 is 0 Å². The lowest BCUT2D eigenvalue weighted by Crippen LogP contribution is -2.04. The van der Waals surface area contributed by atoms with Crippen LogP contribution >= 0.6 is 0 Å². The maximum atomic E-state index is 11.8. The van der Waals surface area contributed by atoms with E-state index in [9.17, 15) is 4.79 Å². The molecule has 0 saturated heterocycles. The van der Waals surface area contributed by atoms with Gasteiger partial charge in [-0.15, -0.1) is 6.58 Å². The molecule has 1 heterocycles. The Bertz CT molecular complexity index is 358. The van der Waals surface area contributed by atoms with Gasteiger partial charge in [0, 0.05) is 12.6 Å². The van der Waals surface area contributed by atoms with Gasteiger partial charge in [-0.3, -0.25) is 9.78 Å². The van der Waals surface area contributed by atoms with Crippen molar-refractivity contribution >= 4 is 5.78 Å². The number of pyridine rings is 1. The molecule has 0 saturated carbocycles. The van der Waals surface area contributed by atoms with E-state index in [1.807, 2.05) is 25.1 Å². The molecule has 1 aromatic rings. The van der Waals surface area contributed by atoms with Gasteiger partial charge in [-0.2, -0.15) is 0 Å². The summed E-state index contributed by atoms with van der Waals surface area (Å²) in [7, 11) is 0. The normalized spacial score (nSPS) is 10.1. The number of rotatable bonds is 7. The lowest BCUT2D eigenvalue weighted by Gasteiger charge is -2.03. The Morgan fingerprint density at radius 2 is 2.25 bits per heavy atom. The van der Waals surface area contributed by atoms with Crippen molar-refractivity contribution < 1.29 is 4.79 Å². The summed E-state index contributed by atoms with van der Waals surface area (Å²) >= 11 is 0. The van der Waals surface area contributed by atoms with Crippen LogP contribution in [0.3, 0.4) is 0 Å². The number of hydrogen-bond donors (Lipinski definition) is 0. The minimum atomic E-state index is 0.164. The first-order valence-electron chi connectivity index (χ1n) is 5.81. The topological polar surface area (TPSA) is 30.0 Å². The molecule has 0 aromatic carbocycles. The molecule has 2 heteroatoms. The zero-order valence-electron chi connectivity index (χ0n) is 9.91. The third-order valence-electron chi connectivity index (χ3n) is 2.59. The molecular formula is C14H19NO. The van der Waals surface area contributed by atoms with Crippen LogP contribution in [0, 0.1) is 6.92 Å². The number of aryl methyl sites for hydroxylation is 1. The molecule has 16 heavy (non-hydrogen) atoms.